The molecule has 2 rings (SSSR count). The fourth-order valence-corrected chi connectivity index (χ4v) is 2.07. The van der Waals surface area contributed by atoms with E-state index in [0.29, 0.717) is 5.88 Å². The molecule has 16 heavy (non-hydrogen) atoms. The van der Waals surface area contributed by atoms with E-state index in [2.05, 4.69) is 5.32 Å². The molecule has 0 atom stereocenters. The summed E-state index contributed by atoms with van der Waals surface area (Å²) in [6, 6.07) is 5.92. The first-order valence-electron chi connectivity index (χ1n) is 5.52. The van der Waals surface area contributed by atoms with Gasteiger partial charge < -0.3 is 5.32 Å². The highest BCUT2D eigenvalue weighted by molar-refractivity contribution is 6.19. The molecule has 0 radical (unpaired) electrons. The predicted octanol–water partition coefficient (Wildman–Crippen LogP) is 2.80. The summed E-state index contributed by atoms with van der Waals surface area (Å²) in [6.07, 6.45) is 1.99. The fraction of sp³-hybridized carbons (Fsp3) is 0.462. The number of nitrogens with one attached hydrogen (secondary N) is 1. The van der Waals surface area contributed by atoms with Crippen molar-refractivity contribution < 1.29 is 4.79 Å². The van der Waals surface area contributed by atoms with Crippen molar-refractivity contribution in [1.82, 2.24) is 5.32 Å². The normalized spacial score (nSPS) is 16.9. The number of benzene rings is 1. The van der Waals surface area contributed by atoms with E-state index in [1.54, 1.807) is 0 Å². The largest absolute Gasteiger partial charge is 0.345 e. The number of amides is 1. The summed E-state index contributed by atoms with van der Waals surface area (Å²) in [5, 5.41) is 3.03. The van der Waals surface area contributed by atoms with E-state index in [1.165, 1.54) is 0 Å². The lowest BCUT2D eigenvalue weighted by Gasteiger charge is -2.15. The van der Waals surface area contributed by atoms with Crippen LogP contribution < -0.4 is 5.32 Å². The highest BCUT2D eigenvalue weighted by atomic mass is 35.5. The monoisotopic (exact) mass is 237 g/mol. The highest BCUT2D eigenvalue weighted by Crippen LogP contribution is 2.36. The Morgan fingerprint density at radius 1 is 1.44 bits per heavy atom. The second kappa shape index (κ2) is 4.10. The second-order valence-corrected chi connectivity index (χ2v) is 4.95. The SMILES string of the molecule is Cc1ccc(C)c(C(=O)NC2(CCl)CC2)c1. The van der Waals surface area contributed by atoms with Crippen LogP contribution in [-0.2, 0) is 0 Å². The maximum absolute atomic E-state index is 12.1. The number of carbonyl (C=O) groups is 1. The van der Waals surface area contributed by atoms with Crippen molar-refractivity contribution in [2.24, 2.45) is 0 Å². The van der Waals surface area contributed by atoms with Gasteiger partial charge >= 0.3 is 0 Å². The van der Waals surface area contributed by atoms with E-state index in [-0.39, 0.29) is 11.4 Å². The number of alkyl halides is 1. The van der Waals surface area contributed by atoms with E-state index in [0.717, 1.165) is 29.5 Å². The average Bonchev–Trinajstić information content (AvgIpc) is 3.02. The molecule has 0 unspecified atom stereocenters. The van der Waals surface area contributed by atoms with Crippen LogP contribution in [0, 0.1) is 13.8 Å². The van der Waals surface area contributed by atoms with Gasteiger partial charge in [-0.05, 0) is 38.3 Å². The molecular weight excluding hydrogens is 222 g/mol. The first kappa shape index (κ1) is 11.5. The van der Waals surface area contributed by atoms with E-state index in [9.17, 15) is 4.79 Å². The first-order valence-corrected chi connectivity index (χ1v) is 6.05. The third-order valence-electron chi connectivity index (χ3n) is 3.13. The number of hydrogen-bond acceptors (Lipinski definition) is 1. The summed E-state index contributed by atoms with van der Waals surface area (Å²) in [5.74, 6) is 0.503. The van der Waals surface area contributed by atoms with Crippen LogP contribution in [0.4, 0.5) is 0 Å². The van der Waals surface area contributed by atoms with Crippen LogP contribution >= 0.6 is 11.6 Å². The topological polar surface area (TPSA) is 29.1 Å². The second-order valence-electron chi connectivity index (χ2n) is 4.69. The molecule has 1 aromatic carbocycles. The molecule has 2 nitrogen and oxygen atoms in total. The molecule has 1 aromatic rings. The molecule has 86 valence electrons. The van der Waals surface area contributed by atoms with E-state index in [4.69, 9.17) is 11.6 Å². The Morgan fingerprint density at radius 2 is 2.12 bits per heavy atom. The number of aryl methyl sites for hydroxylation is 2. The number of halogens is 1. The van der Waals surface area contributed by atoms with Crippen LogP contribution in [0.5, 0.6) is 0 Å². The van der Waals surface area contributed by atoms with Crippen LogP contribution in [0.1, 0.15) is 34.3 Å². The quantitative estimate of drug-likeness (QED) is 0.805. The van der Waals surface area contributed by atoms with E-state index in [1.807, 2.05) is 32.0 Å². The third kappa shape index (κ3) is 2.22. The zero-order valence-corrected chi connectivity index (χ0v) is 10.4. The van der Waals surface area contributed by atoms with Gasteiger partial charge in [0.15, 0.2) is 0 Å². The molecule has 1 aliphatic carbocycles. The summed E-state index contributed by atoms with van der Waals surface area (Å²) in [7, 11) is 0. The van der Waals surface area contributed by atoms with Crippen molar-refractivity contribution in [1.29, 1.82) is 0 Å². The predicted molar refractivity (Wildman–Crippen MR) is 66.1 cm³/mol. The van der Waals surface area contributed by atoms with Crippen molar-refractivity contribution in [2.45, 2.75) is 32.2 Å². The van der Waals surface area contributed by atoms with Crippen molar-refractivity contribution in [2.75, 3.05) is 5.88 Å². The molecule has 0 aliphatic heterocycles. The number of carbonyl (C=O) groups excluding carboxylic acids is 1. The summed E-state index contributed by atoms with van der Waals surface area (Å²) < 4.78 is 0. The van der Waals surface area contributed by atoms with Crippen LogP contribution in [0.2, 0.25) is 0 Å². The lowest BCUT2D eigenvalue weighted by atomic mass is 10.0. The van der Waals surface area contributed by atoms with Gasteiger partial charge in [0.25, 0.3) is 5.91 Å². The Hall–Kier alpha value is -1.02. The zero-order chi connectivity index (χ0) is 11.8. The Bertz CT molecular complexity index is 424. The molecule has 0 heterocycles. The van der Waals surface area contributed by atoms with Gasteiger partial charge in [0, 0.05) is 11.4 Å². The minimum Gasteiger partial charge on any atom is -0.345 e. The van der Waals surface area contributed by atoms with Crippen LogP contribution in [0.15, 0.2) is 18.2 Å². The van der Waals surface area contributed by atoms with Gasteiger partial charge in [0.2, 0.25) is 0 Å². The summed E-state index contributed by atoms with van der Waals surface area (Å²) in [6.45, 7) is 3.94. The van der Waals surface area contributed by atoms with Gasteiger partial charge in [0.05, 0.1) is 5.54 Å². The maximum atomic E-state index is 12.1. The van der Waals surface area contributed by atoms with E-state index >= 15 is 0 Å². The lowest BCUT2D eigenvalue weighted by molar-refractivity contribution is 0.0935. The number of rotatable bonds is 3. The molecule has 0 bridgehead atoms. The van der Waals surface area contributed by atoms with Crippen molar-refractivity contribution in [3.8, 4) is 0 Å². The summed E-state index contributed by atoms with van der Waals surface area (Å²) in [5.41, 5.74) is 2.74. The Kier molecular flexibility index (Phi) is 2.94. The van der Waals surface area contributed by atoms with Crippen molar-refractivity contribution in [3.63, 3.8) is 0 Å². The molecule has 3 heteroatoms. The van der Waals surface area contributed by atoms with Crippen molar-refractivity contribution >= 4 is 17.5 Å². The fourth-order valence-electron chi connectivity index (χ4n) is 1.73. The average molecular weight is 238 g/mol. The van der Waals surface area contributed by atoms with Crippen LogP contribution in [-0.4, -0.2) is 17.3 Å². The zero-order valence-electron chi connectivity index (χ0n) is 9.64. The molecule has 1 fully saturated rings. The van der Waals surface area contributed by atoms with Gasteiger partial charge in [-0.25, -0.2) is 0 Å². The lowest BCUT2D eigenvalue weighted by Crippen LogP contribution is -2.38. The standard InChI is InChI=1S/C13H16ClNO/c1-9-3-4-10(2)11(7-9)12(16)15-13(8-14)5-6-13/h3-4,7H,5-6,8H2,1-2H3,(H,15,16). The molecule has 1 saturated carbocycles. The molecule has 1 N–H and O–H groups in total. The molecule has 1 aliphatic rings. The van der Waals surface area contributed by atoms with Gasteiger partial charge in [0.1, 0.15) is 0 Å². The van der Waals surface area contributed by atoms with Crippen LogP contribution in [0.3, 0.4) is 0 Å². The van der Waals surface area contributed by atoms with Gasteiger partial charge in [-0.3, -0.25) is 4.79 Å². The van der Waals surface area contributed by atoms with Crippen molar-refractivity contribution in [3.05, 3.63) is 34.9 Å². The molecular formula is C13H16ClNO. The summed E-state index contributed by atoms with van der Waals surface area (Å²) in [4.78, 5) is 12.1. The van der Waals surface area contributed by atoms with Gasteiger partial charge in [-0.2, -0.15) is 0 Å². The maximum Gasteiger partial charge on any atom is 0.252 e. The minimum absolute atomic E-state index is 0.000602. The van der Waals surface area contributed by atoms with Gasteiger partial charge in [-0.1, -0.05) is 17.7 Å². The highest BCUT2D eigenvalue weighted by Gasteiger charge is 2.43. The smallest absolute Gasteiger partial charge is 0.252 e. The third-order valence-corrected chi connectivity index (χ3v) is 3.64. The minimum atomic E-state index is -0.130. The Morgan fingerprint density at radius 3 is 2.69 bits per heavy atom. The summed E-state index contributed by atoms with van der Waals surface area (Å²) >= 11 is 5.84. The van der Waals surface area contributed by atoms with E-state index < -0.39 is 0 Å². The molecule has 0 aromatic heterocycles. The molecule has 0 saturated heterocycles. The Balaban J connectivity index is 2.17. The molecule has 0 spiro atoms. The molecule has 1 amide bonds. The Labute approximate surface area is 101 Å². The first-order chi connectivity index (χ1) is 7.56. The number of hydrogen-bond donors (Lipinski definition) is 1. The van der Waals surface area contributed by atoms with Gasteiger partial charge in [-0.15, -0.1) is 11.6 Å². The van der Waals surface area contributed by atoms with Crippen LogP contribution in [0.25, 0.3) is 0 Å².